The number of hydrogen-bond acceptors (Lipinski definition) is 10. The SMILES string of the molecule is CC(C)(C)[Si](O[C@@H]1CN[C@H](c2ccccc2OC(F)F)c2c1nc1ccc(Cl)nn21)(c1ccccc1)c1ccccc1.CC(C)(C)[Si](O[C@H]1CN[C@H](c2ccccc2OC(F)F)c2c1nc1ccc(Cl)nn21)(c1ccccc1)c1ccccc1. The minimum Gasteiger partial charge on any atom is -0.434 e. The first-order chi connectivity index (χ1) is 40.4. The molecular weight excluding hydrogens is 1150 g/mol. The van der Waals surface area contributed by atoms with Crippen molar-refractivity contribution in [2.24, 2.45) is 0 Å². The number of alkyl halides is 4. The van der Waals surface area contributed by atoms with Crippen LogP contribution in [0.15, 0.2) is 194 Å². The highest BCUT2D eigenvalue weighted by Gasteiger charge is 2.55. The fourth-order valence-corrected chi connectivity index (χ4v) is 21.7. The number of benzene rings is 6. The Morgan fingerprint density at radius 2 is 0.762 bits per heavy atom. The van der Waals surface area contributed by atoms with Crippen LogP contribution < -0.4 is 40.9 Å². The van der Waals surface area contributed by atoms with Gasteiger partial charge in [0.25, 0.3) is 16.6 Å². The van der Waals surface area contributed by atoms with Crippen molar-refractivity contribution in [2.45, 2.75) is 89.1 Å². The average molecular weight is 1210 g/mol. The Bertz CT molecular complexity index is 3570. The number of para-hydroxylation sites is 2. The van der Waals surface area contributed by atoms with Gasteiger partial charge in [-0.15, -0.1) is 0 Å². The summed E-state index contributed by atoms with van der Waals surface area (Å²) in [5.74, 6) is 0.165. The van der Waals surface area contributed by atoms with E-state index in [2.05, 4.69) is 111 Å². The standard InChI is InChI=1S/2C32H31ClF2N4O2Si/c2*1-32(2,3)42(21-12-6-4-7-13-21,22-14-8-5-9-15-22)41-25-20-36-28(23-16-10-11-17-24(23)40-31(34)35)30-29(25)37-27-19-18-26(33)38-39(27)30/h2*4-19,25,28,31,36H,20H2,1-3H3/t25-,28+;25-,28-/m01/s1. The molecule has 2 aliphatic rings. The molecule has 0 amide bonds. The van der Waals surface area contributed by atoms with Gasteiger partial charge in [-0.25, -0.2) is 19.0 Å². The summed E-state index contributed by atoms with van der Waals surface area (Å²) in [4.78, 5) is 10.0. The largest absolute Gasteiger partial charge is 0.434 e. The van der Waals surface area contributed by atoms with Gasteiger partial charge in [-0.1, -0.05) is 222 Å². The van der Waals surface area contributed by atoms with Gasteiger partial charge >= 0.3 is 13.2 Å². The molecule has 2 aliphatic heterocycles. The quantitative estimate of drug-likeness (QED) is 0.0804. The molecule has 0 unspecified atom stereocenters. The molecule has 0 bridgehead atoms. The van der Waals surface area contributed by atoms with Crippen LogP contribution in [0.3, 0.4) is 0 Å². The molecular formula is C64H62Cl2F4N8O4Si2. The summed E-state index contributed by atoms with van der Waals surface area (Å²) in [6.07, 6.45) is -0.933. The van der Waals surface area contributed by atoms with E-state index in [0.29, 0.717) is 58.3 Å². The number of nitrogens with zero attached hydrogens (tertiary/aromatic N) is 6. The van der Waals surface area contributed by atoms with Crippen molar-refractivity contribution < 1.29 is 35.9 Å². The van der Waals surface area contributed by atoms with Crippen molar-refractivity contribution in [3.63, 3.8) is 0 Å². The minimum atomic E-state index is -2.96. The minimum absolute atomic E-state index is 0.0827. The smallest absolute Gasteiger partial charge is 0.387 e. The first kappa shape index (κ1) is 58.5. The molecule has 432 valence electrons. The van der Waals surface area contributed by atoms with Crippen LogP contribution in [-0.4, -0.2) is 72.1 Å². The second-order valence-corrected chi connectivity index (χ2v) is 32.0. The molecule has 84 heavy (non-hydrogen) atoms. The molecule has 4 aromatic heterocycles. The third kappa shape index (κ3) is 11.2. The fraction of sp³-hybridized carbons (Fsp3) is 0.250. The lowest BCUT2D eigenvalue weighted by atomic mass is 9.96. The van der Waals surface area contributed by atoms with Gasteiger partial charge in [0.05, 0.1) is 34.9 Å². The fourth-order valence-electron chi connectivity index (χ4n) is 12.1. The Balaban J connectivity index is 0.000000175. The van der Waals surface area contributed by atoms with Crippen LogP contribution in [0.1, 0.15) is 99.7 Å². The van der Waals surface area contributed by atoms with Gasteiger partial charge in [0, 0.05) is 24.2 Å². The van der Waals surface area contributed by atoms with Crippen LogP contribution in [-0.2, 0) is 8.85 Å². The van der Waals surface area contributed by atoms with Crippen LogP contribution in [0.25, 0.3) is 11.3 Å². The van der Waals surface area contributed by atoms with Crippen LogP contribution in [0.4, 0.5) is 17.6 Å². The number of nitrogens with one attached hydrogen (secondary N) is 2. The number of ether oxygens (including phenoxy) is 2. The number of aromatic nitrogens is 6. The monoisotopic (exact) mass is 1210 g/mol. The van der Waals surface area contributed by atoms with Crippen LogP contribution in [0.2, 0.25) is 20.4 Å². The summed E-state index contributed by atoms with van der Waals surface area (Å²) >= 11 is 12.7. The van der Waals surface area contributed by atoms with Gasteiger partial charge in [0.15, 0.2) is 11.3 Å². The third-order valence-corrected chi connectivity index (χ3v) is 26.0. The molecule has 0 saturated heterocycles. The zero-order valence-electron chi connectivity index (χ0n) is 46.9. The van der Waals surface area contributed by atoms with Crippen molar-refractivity contribution in [3.8, 4) is 11.5 Å². The lowest BCUT2D eigenvalue weighted by molar-refractivity contribution is -0.0513. The summed E-state index contributed by atoms with van der Waals surface area (Å²) in [5, 5.41) is 20.9. The second-order valence-electron chi connectivity index (χ2n) is 22.7. The predicted molar refractivity (Wildman–Crippen MR) is 325 cm³/mol. The van der Waals surface area contributed by atoms with Crippen molar-refractivity contribution in [1.29, 1.82) is 0 Å². The average Bonchev–Trinajstić information content (AvgIpc) is 3.15. The highest BCUT2D eigenvalue weighted by Crippen LogP contribution is 2.46. The van der Waals surface area contributed by atoms with Gasteiger partial charge in [0.2, 0.25) is 0 Å². The predicted octanol–water partition coefficient (Wildman–Crippen LogP) is 12.6. The molecule has 20 heteroatoms. The van der Waals surface area contributed by atoms with Crippen molar-refractivity contribution in [3.05, 3.63) is 238 Å². The Labute approximate surface area is 497 Å². The molecule has 2 N–H and O–H groups in total. The van der Waals surface area contributed by atoms with E-state index in [1.807, 2.05) is 72.8 Å². The van der Waals surface area contributed by atoms with Crippen molar-refractivity contribution in [2.75, 3.05) is 13.1 Å². The Kier molecular flexibility index (Phi) is 16.7. The highest BCUT2D eigenvalue weighted by molar-refractivity contribution is 7.00. The van der Waals surface area contributed by atoms with Gasteiger partial charge in [-0.3, -0.25) is 0 Å². The maximum Gasteiger partial charge on any atom is 0.387 e. The lowest BCUT2D eigenvalue weighted by Gasteiger charge is -2.46. The Hall–Kier alpha value is -7.27. The molecule has 4 atom stereocenters. The second kappa shape index (κ2) is 24.0. The van der Waals surface area contributed by atoms with Crippen LogP contribution in [0.5, 0.6) is 11.5 Å². The normalized spacial score (nSPS) is 17.4. The van der Waals surface area contributed by atoms with Gasteiger partial charge in [-0.2, -0.15) is 27.8 Å². The molecule has 0 aliphatic carbocycles. The molecule has 12 rings (SSSR count). The molecule has 6 heterocycles. The zero-order chi connectivity index (χ0) is 59.0. The highest BCUT2D eigenvalue weighted by atomic mass is 35.5. The zero-order valence-corrected chi connectivity index (χ0v) is 50.4. The summed E-state index contributed by atoms with van der Waals surface area (Å²) in [6, 6.07) is 61.0. The molecule has 6 aromatic carbocycles. The lowest BCUT2D eigenvalue weighted by Crippen LogP contribution is -2.67. The number of imidazole rings is 2. The first-order valence-electron chi connectivity index (χ1n) is 27.6. The van der Waals surface area contributed by atoms with E-state index in [1.54, 1.807) is 69.7 Å². The number of hydrogen-bond donors (Lipinski definition) is 2. The Morgan fingerprint density at radius 3 is 1.07 bits per heavy atom. The maximum atomic E-state index is 13.4. The van der Waals surface area contributed by atoms with E-state index < -0.39 is 54.1 Å². The molecule has 0 spiro atoms. The molecule has 0 radical (unpaired) electrons. The van der Waals surface area contributed by atoms with Crippen LogP contribution >= 0.6 is 23.2 Å². The van der Waals surface area contributed by atoms with E-state index in [4.69, 9.17) is 51.5 Å². The number of halogens is 6. The molecule has 12 nitrogen and oxygen atoms in total. The summed E-state index contributed by atoms with van der Waals surface area (Å²) in [5.41, 5.74) is 4.99. The summed E-state index contributed by atoms with van der Waals surface area (Å²) in [7, 11) is -5.92. The van der Waals surface area contributed by atoms with Crippen LogP contribution in [0, 0.1) is 0 Å². The van der Waals surface area contributed by atoms with E-state index in [0.717, 1.165) is 20.7 Å². The maximum absolute atomic E-state index is 13.4. The van der Waals surface area contributed by atoms with Gasteiger partial charge in [-0.05, 0) is 67.2 Å². The number of rotatable bonds is 14. The topological polar surface area (TPSA) is 121 Å². The molecule has 10 aromatic rings. The van der Waals surface area contributed by atoms with E-state index in [1.165, 1.54) is 12.1 Å². The van der Waals surface area contributed by atoms with Crippen molar-refractivity contribution in [1.82, 2.24) is 39.8 Å². The molecule has 0 saturated carbocycles. The number of fused-ring (bicyclic) bond motifs is 6. The van der Waals surface area contributed by atoms with Crippen molar-refractivity contribution >= 4 is 71.9 Å². The van der Waals surface area contributed by atoms with E-state index in [9.17, 15) is 17.6 Å². The summed E-state index contributed by atoms with van der Waals surface area (Å²) in [6.45, 7) is 8.20. The molecule has 0 fully saturated rings. The first-order valence-corrected chi connectivity index (χ1v) is 32.2. The van der Waals surface area contributed by atoms with E-state index in [-0.39, 0.29) is 31.9 Å². The summed E-state index contributed by atoms with van der Waals surface area (Å²) < 4.78 is 81.7. The van der Waals surface area contributed by atoms with Gasteiger partial charge < -0.3 is 29.0 Å². The third-order valence-electron chi connectivity index (χ3n) is 15.6. The van der Waals surface area contributed by atoms with E-state index >= 15 is 0 Å². The van der Waals surface area contributed by atoms with Gasteiger partial charge in [0.1, 0.15) is 34.0 Å². The Morgan fingerprint density at radius 1 is 0.452 bits per heavy atom.